The van der Waals surface area contributed by atoms with Crippen LogP contribution in [0.5, 0.6) is 0 Å². The van der Waals surface area contributed by atoms with Gasteiger partial charge < -0.3 is 15.3 Å². The van der Waals surface area contributed by atoms with Gasteiger partial charge in [-0.2, -0.15) is 0 Å². The lowest BCUT2D eigenvalue weighted by molar-refractivity contribution is -0.149. The molecule has 0 aromatic heterocycles. The maximum atomic E-state index is 10.2. The summed E-state index contributed by atoms with van der Waals surface area (Å²) in [5.74, 6) is -4.51. The van der Waals surface area contributed by atoms with Crippen LogP contribution in [0.1, 0.15) is 39.0 Å². The molecule has 0 heterocycles. The first-order valence-corrected chi connectivity index (χ1v) is 5.01. The Kier molecular flexibility index (Phi) is 10.9. The summed E-state index contributed by atoms with van der Waals surface area (Å²) in [4.78, 5) is 39.5. The minimum atomic E-state index is -1.58. The van der Waals surface area contributed by atoms with Crippen LogP contribution in [0.4, 0.5) is 0 Å². The molecule has 0 aromatic carbocycles. The van der Waals surface area contributed by atoms with E-state index in [0.29, 0.717) is 6.42 Å². The molecule has 0 radical (unpaired) electrons. The molecule has 0 aromatic rings. The monoisotopic (exact) mass is 248 g/mol. The van der Waals surface area contributed by atoms with Crippen molar-refractivity contribution in [1.82, 2.24) is 0 Å². The fraction of sp³-hybridized carbons (Fsp3) is 0.600. The highest BCUT2D eigenvalue weighted by molar-refractivity contribution is 6.32. The van der Waals surface area contributed by atoms with Gasteiger partial charge in [0.1, 0.15) is 0 Å². The van der Waals surface area contributed by atoms with Gasteiger partial charge in [0, 0.05) is 12.8 Å². The fourth-order valence-electron chi connectivity index (χ4n) is 0.655. The van der Waals surface area contributed by atoms with Gasteiger partial charge in [0.05, 0.1) is 6.42 Å². The molecule has 0 atom stereocenters. The topological polar surface area (TPSA) is 129 Å². The van der Waals surface area contributed by atoms with Crippen molar-refractivity contribution in [2.45, 2.75) is 39.0 Å². The molecule has 0 spiro atoms. The van der Waals surface area contributed by atoms with Crippen molar-refractivity contribution in [2.75, 3.05) is 0 Å². The molecular weight excluding hydrogens is 232 g/mol. The first kappa shape index (κ1) is 17.5. The van der Waals surface area contributed by atoms with Crippen LogP contribution < -0.4 is 0 Å². The van der Waals surface area contributed by atoms with E-state index >= 15 is 0 Å². The number of unbranched alkanes of at least 4 members (excludes halogenated alkanes) is 1. The number of ketones is 1. The normalized spacial score (nSPS) is 8.76. The molecule has 0 saturated carbocycles. The van der Waals surface area contributed by atoms with Crippen LogP contribution in [0, 0.1) is 0 Å². The molecule has 0 unspecified atom stereocenters. The molecule has 0 aliphatic rings. The minimum absolute atomic E-state index is 0.316. The van der Waals surface area contributed by atoms with Crippen molar-refractivity contribution in [2.24, 2.45) is 0 Å². The van der Waals surface area contributed by atoms with Crippen molar-refractivity contribution in [3.63, 3.8) is 0 Å². The molecule has 7 heteroatoms. The van der Waals surface area contributed by atoms with E-state index in [1.54, 1.807) is 0 Å². The zero-order chi connectivity index (χ0) is 13.8. The maximum absolute atomic E-state index is 10.2. The number of carboxylic acids is 3. The Bertz CT molecular complexity index is 282. The maximum Gasteiger partial charge on any atom is 0.372 e. The summed E-state index contributed by atoms with van der Waals surface area (Å²) in [5, 5.41) is 24.0. The quantitative estimate of drug-likeness (QED) is 0.567. The zero-order valence-corrected chi connectivity index (χ0v) is 9.51. The van der Waals surface area contributed by atoms with Gasteiger partial charge in [-0.3, -0.25) is 14.4 Å². The van der Waals surface area contributed by atoms with E-state index < -0.39 is 36.5 Å². The summed E-state index contributed by atoms with van der Waals surface area (Å²) in [7, 11) is 0. The number of Topliss-reactive ketones (excluding diaryl/α,β-unsaturated/α-hetero) is 1. The lowest BCUT2D eigenvalue weighted by atomic mass is 10.2. The number of hydrogen-bond donors (Lipinski definition) is 3. The molecule has 0 aliphatic heterocycles. The molecule has 0 fully saturated rings. The van der Waals surface area contributed by atoms with Crippen LogP contribution in [-0.2, 0) is 19.2 Å². The van der Waals surface area contributed by atoms with E-state index in [1.807, 2.05) is 6.92 Å². The van der Waals surface area contributed by atoms with Crippen molar-refractivity contribution >= 4 is 23.7 Å². The molecule has 0 amide bonds. The summed E-state index contributed by atoms with van der Waals surface area (Å²) in [6, 6.07) is 0. The van der Waals surface area contributed by atoms with E-state index in [-0.39, 0.29) is 0 Å². The van der Waals surface area contributed by atoms with Crippen LogP contribution in [0.15, 0.2) is 0 Å². The Morgan fingerprint density at radius 2 is 1.29 bits per heavy atom. The average Bonchev–Trinajstić information content (AvgIpc) is 2.23. The first-order valence-electron chi connectivity index (χ1n) is 5.01. The largest absolute Gasteiger partial charge is 0.481 e. The number of hydrogen-bond acceptors (Lipinski definition) is 4. The van der Waals surface area contributed by atoms with Crippen LogP contribution >= 0.6 is 0 Å². The van der Waals surface area contributed by atoms with Crippen molar-refractivity contribution in [3.05, 3.63) is 0 Å². The van der Waals surface area contributed by atoms with Gasteiger partial charge in [0.2, 0.25) is 5.78 Å². The summed E-state index contributed by atoms with van der Waals surface area (Å²) in [6.07, 6.45) is 1.22. The van der Waals surface area contributed by atoms with E-state index in [1.165, 1.54) is 0 Å². The molecule has 0 saturated heterocycles. The Hall–Kier alpha value is -1.92. The number of carbonyl (C=O) groups is 4. The summed E-state index contributed by atoms with van der Waals surface area (Å²) < 4.78 is 0. The van der Waals surface area contributed by atoms with Gasteiger partial charge >= 0.3 is 17.9 Å². The molecule has 0 aliphatic carbocycles. The highest BCUT2D eigenvalue weighted by Crippen LogP contribution is 1.91. The van der Waals surface area contributed by atoms with Crippen LogP contribution in [0.25, 0.3) is 0 Å². The third-order valence-electron chi connectivity index (χ3n) is 1.55. The van der Waals surface area contributed by atoms with E-state index in [9.17, 15) is 19.2 Å². The van der Waals surface area contributed by atoms with E-state index in [4.69, 9.17) is 15.3 Å². The predicted octanol–water partition coefficient (Wildman–Crippen LogP) is 0.766. The van der Waals surface area contributed by atoms with Gasteiger partial charge in [0.15, 0.2) is 0 Å². The second kappa shape index (κ2) is 10.6. The number of rotatable bonds is 7. The van der Waals surface area contributed by atoms with E-state index in [2.05, 4.69) is 0 Å². The smallest absolute Gasteiger partial charge is 0.372 e. The fourth-order valence-corrected chi connectivity index (χ4v) is 0.655. The molecule has 7 nitrogen and oxygen atoms in total. The first-order chi connectivity index (χ1) is 7.81. The zero-order valence-electron chi connectivity index (χ0n) is 9.51. The number of carbonyl (C=O) groups excluding carboxylic acids is 1. The van der Waals surface area contributed by atoms with Crippen molar-refractivity contribution in [3.8, 4) is 0 Å². The lowest BCUT2D eigenvalue weighted by Crippen LogP contribution is -2.13. The van der Waals surface area contributed by atoms with Gasteiger partial charge in [-0.15, -0.1) is 0 Å². The average molecular weight is 248 g/mol. The molecule has 17 heavy (non-hydrogen) atoms. The third kappa shape index (κ3) is 16.7. The van der Waals surface area contributed by atoms with Gasteiger partial charge in [-0.1, -0.05) is 13.3 Å². The third-order valence-corrected chi connectivity index (χ3v) is 1.55. The van der Waals surface area contributed by atoms with Gasteiger partial charge in [-0.05, 0) is 6.42 Å². The Morgan fingerprint density at radius 1 is 0.824 bits per heavy atom. The lowest BCUT2D eigenvalue weighted by Gasteiger charge is -1.88. The predicted molar refractivity (Wildman–Crippen MR) is 56.7 cm³/mol. The highest BCUT2D eigenvalue weighted by Gasteiger charge is 2.12. The standard InChI is InChI=1S/C5H6O5.C5H10O2/c6-3(5(9)10)1-2-4(7)8;1-2-3-4-5(6)7/h1-2H2,(H,7,8)(H,9,10);2-4H2,1H3,(H,6,7). The minimum Gasteiger partial charge on any atom is -0.481 e. The Labute approximate surface area is 98.1 Å². The van der Waals surface area contributed by atoms with Crippen LogP contribution in [0.2, 0.25) is 0 Å². The summed E-state index contributed by atoms with van der Waals surface area (Å²) in [5.41, 5.74) is 0. The molecular formula is C10H16O7. The van der Waals surface area contributed by atoms with Crippen molar-refractivity contribution in [1.29, 1.82) is 0 Å². The number of aliphatic carboxylic acids is 3. The molecule has 3 N–H and O–H groups in total. The second-order valence-electron chi connectivity index (χ2n) is 3.12. The second-order valence-corrected chi connectivity index (χ2v) is 3.12. The van der Waals surface area contributed by atoms with E-state index in [0.717, 1.165) is 12.8 Å². The summed E-state index contributed by atoms with van der Waals surface area (Å²) >= 11 is 0. The van der Waals surface area contributed by atoms with Crippen LogP contribution in [-0.4, -0.2) is 39.0 Å². The number of carboxylic acid groups (broad SMARTS) is 3. The molecule has 0 bridgehead atoms. The SMILES string of the molecule is CCCCC(=O)O.O=C(O)CCC(=O)C(=O)O. The molecule has 98 valence electrons. The Balaban J connectivity index is 0. The van der Waals surface area contributed by atoms with Crippen LogP contribution in [0.3, 0.4) is 0 Å². The highest BCUT2D eigenvalue weighted by atomic mass is 16.4. The Morgan fingerprint density at radius 3 is 1.53 bits per heavy atom. The molecule has 0 rings (SSSR count). The summed E-state index contributed by atoms with van der Waals surface area (Å²) in [6.45, 7) is 1.98. The van der Waals surface area contributed by atoms with Gasteiger partial charge in [0.25, 0.3) is 0 Å². The van der Waals surface area contributed by atoms with Gasteiger partial charge in [-0.25, -0.2) is 4.79 Å². The van der Waals surface area contributed by atoms with Crippen molar-refractivity contribution < 1.29 is 34.5 Å².